The van der Waals surface area contributed by atoms with E-state index < -0.39 is 0 Å². The van der Waals surface area contributed by atoms with Crippen LogP contribution in [0.4, 0.5) is 5.69 Å². The summed E-state index contributed by atoms with van der Waals surface area (Å²) in [6.45, 7) is 4.63. The van der Waals surface area contributed by atoms with Crippen LogP contribution in [-0.4, -0.2) is 22.9 Å². The van der Waals surface area contributed by atoms with E-state index in [9.17, 15) is 0 Å². The summed E-state index contributed by atoms with van der Waals surface area (Å²) in [5.74, 6) is 0. The van der Waals surface area contributed by atoms with E-state index in [1.165, 1.54) is 0 Å². The molecule has 12 heavy (non-hydrogen) atoms. The van der Waals surface area contributed by atoms with Gasteiger partial charge < -0.3 is 11.1 Å². The number of nitrogens with one attached hydrogen (secondary N) is 1. The van der Waals surface area contributed by atoms with Crippen molar-refractivity contribution in [2.24, 2.45) is 5.73 Å². The summed E-state index contributed by atoms with van der Waals surface area (Å²) in [6, 6.07) is 0. The van der Waals surface area contributed by atoms with Crippen molar-refractivity contribution in [3.63, 3.8) is 0 Å². The van der Waals surface area contributed by atoms with Crippen molar-refractivity contribution >= 4 is 5.69 Å². The van der Waals surface area contributed by atoms with Crippen molar-refractivity contribution in [3.8, 4) is 0 Å². The van der Waals surface area contributed by atoms with Crippen molar-refractivity contribution in [1.82, 2.24) is 9.78 Å². The summed E-state index contributed by atoms with van der Waals surface area (Å²) >= 11 is 0. The maximum atomic E-state index is 5.36. The molecule has 68 valence electrons. The number of aromatic nitrogens is 2. The van der Waals surface area contributed by atoms with Crippen LogP contribution >= 0.6 is 0 Å². The van der Waals surface area contributed by atoms with Crippen LogP contribution in [0.5, 0.6) is 0 Å². The van der Waals surface area contributed by atoms with Gasteiger partial charge in [0.2, 0.25) is 0 Å². The molecule has 4 heteroatoms. The Morgan fingerprint density at radius 3 is 3.08 bits per heavy atom. The third-order valence-electron chi connectivity index (χ3n) is 1.67. The molecule has 0 radical (unpaired) electrons. The third-order valence-corrected chi connectivity index (χ3v) is 1.67. The minimum Gasteiger partial charge on any atom is -0.382 e. The predicted octanol–water partition coefficient (Wildman–Crippen LogP) is 0.664. The second kappa shape index (κ2) is 4.77. The van der Waals surface area contributed by atoms with E-state index in [0.29, 0.717) is 0 Å². The van der Waals surface area contributed by atoms with Crippen LogP contribution < -0.4 is 11.1 Å². The molecule has 0 saturated heterocycles. The second-order valence-electron chi connectivity index (χ2n) is 2.65. The van der Waals surface area contributed by atoms with E-state index >= 15 is 0 Å². The molecule has 1 rings (SSSR count). The van der Waals surface area contributed by atoms with Crippen LogP contribution in [-0.2, 0) is 6.54 Å². The molecule has 1 aromatic rings. The van der Waals surface area contributed by atoms with Gasteiger partial charge in [-0.15, -0.1) is 0 Å². The van der Waals surface area contributed by atoms with Crippen molar-refractivity contribution in [1.29, 1.82) is 0 Å². The lowest BCUT2D eigenvalue weighted by molar-refractivity contribution is 0.660. The maximum absolute atomic E-state index is 5.36. The van der Waals surface area contributed by atoms with Crippen molar-refractivity contribution in [2.45, 2.75) is 19.9 Å². The molecule has 0 aliphatic heterocycles. The Labute approximate surface area is 72.8 Å². The van der Waals surface area contributed by atoms with Gasteiger partial charge >= 0.3 is 0 Å². The fraction of sp³-hybridized carbons (Fsp3) is 0.625. The minimum absolute atomic E-state index is 0.731. The molecule has 1 aromatic heterocycles. The topological polar surface area (TPSA) is 55.9 Å². The standard InChI is InChI=1S/C8H16N4/c1-2-12-7-8(6-11-12)10-5-3-4-9/h6-7,10H,2-5,9H2,1H3. The molecule has 0 spiro atoms. The molecular formula is C8H16N4. The van der Waals surface area contributed by atoms with Crippen LogP contribution in [0, 0.1) is 0 Å². The molecule has 4 nitrogen and oxygen atoms in total. The molecule has 0 saturated carbocycles. The first kappa shape index (κ1) is 9.06. The largest absolute Gasteiger partial charge is 0.382 e. The maximum Gasteiger partial charge on any atom is 0.0726 e. The molecule has 3 N–H and O–H groups in total. The lowest BCUT2D eigenvalue weighted by atomic mass is 10.4. The second-order valence-corrected chi connectivity index (χ2v) is 2.65. The minimum atomic E-state index is 0.731. The van der Waals surface area contributed by atoms with Crippen molar-refractivity contribution in [2.75, 3.05) is 18.4 Å². The van der Waals surface area contributed by atoms with Gasteiger partial charge in [0, 0.05) is 19.3 Å². The van der Waals surface area contributed by atoms with E-state index in [0.717, 1.165) is 31.7 Å². The molecule has 0 atom stereocenters. The lowest BCUT2D eigenvalue weighted by Crippen LogP contribution is -2.07. The smallest absolute Gasteiger partial charge is 0.0726 e. The Morgan fingerprint density at radius 2 is 2.50 bits per heavy atom. The van der Waals surface area contributed by atoms with Gasteiger partial charge in [0.05, 0.1) is 11.9 Å². The Morgan fingerprint density at radius 1 is 1.67 bits per heavy atom. The monoisotopic (exact) mass is 168 g/mol. The quantitative estimate of drug-likeness (QED) is 0.635. The number of anilines is 1. The average molecular weight is 168 g/mol. The van der Waals surface area contributed by atoms with Crippen LogP contribution in [0.15, 0.2) is 12.4 Å². The predicted molar refractivity (Wildman–Crippen MR) is 50.1 cm³/mol. The zero-order valence-electron chi connectivity index (χ0n) is 7.45. The van der Waals surface area contributed by atoms with Gasteiger partial charge in [-0.05, 0) is 19.9 Å². The third kappa shape index (κ3) is 2.54. The summed E-state index contributed by atoms with van der Waals surface area (Å²) in [6.07, 6.45) is 4.83. The number of aryl methyl sites for hydroxylation is 1. The normalized spacial score (nSPS) is 10.2. The first-order valence-corrected chi connectivity index (χ1v) is 4.33. The van der Waals surface area contributed by atoms with E-state index in [1.807, 2.05) is 17.1 Å². The summed E-state index contributed by atoms with van der Waals surface area (Å²) in [4.78, 5) is 0. The number of hydrogen-bond donors (Lipinski definition) is 2. The van der Waals surface area contributed by atoms with Crippen molar-refractivity contribution in [3.05, 3.63) is 12.4 Å². The van der Waals surface area contributed by atoms with E-state index in [1.54, 1.807) is 0 Å². The van der Waals surface area contributed by atoms with E-state index in [2.05, 4.69) is 17.3 Å². The first-order chi connectivity index (χ1) is 5.86. The average Bonchev–Trinajstić information content (AvgIpc) is 2.53. The van der Waals surface area contributed by atoms with Crippen LogP contribution in [0.2, 0.25) is 0 Å². The fourth-order valence-corrected chi connectivity index (χ4v) is 0.963. The van der Waals surface area contributed by atoms with Gasteiger partial charge in [0.15, 0.2) is 0 Å². The molecule has 0 bridgehead atoms. The Kier molecular flexibility index (Phi) is 3.60. The molecule has 0 aliphatic carbocycles. The highest BCUT2D eigenvalue weighted by atomic mass is 15.3. The first-order valence-electron chi connectivity index (χ1n) is 4.33. The van der Waals surface area contributed by atoms with E-state index in [-0.39, 0.29) is 0 Å². The molecular weight excluding hydrogens is 152 g/mol. The van der Waals surface area contributed by atoms with Crippen LogP contribution in [0.3, 0.4) is 0 Å². The van der Waals surface area contributed by atoms with Gasteiger partial charge in [0.1, 0.15) is 0 Å². The summed E-state index contributed by atoms with van der Waals surface area (Å²) in [7, 11) is 0. The SMILES string of the molecule is CCn1cc(NCCCN)cn1. The van der Waals surface area contributed by atoms with Gasteiger partial charge in [-0.2, -0.15) is 5.10 Å². The molecule has 0 amide bonds. The van der Waals surface area contributed by atoms with Crippen LogP contribution in [0.25, 0.3) is 0 Å². The Bertz CT molecular complexity index is 219. The Balaban J connectivity index is 2.31. The van der Waals surface area contributed by atoms with E-state index in [4.69, 9.17) is 5.73 Å². The summed E-state index contributed by atoms with van der Waals surface area (Å²) < 4.78 is 1.89. The van der Waals surface area contributed by atoms with Gasteiger partial charge in [-0.3, -0.25) is 4.68 Å². The number of nitrogens with zero attached hydrogens (tertiary/aromatic N) is 2. The zero-order valence-corrected chi connectivity index (χ0v) is 7.45. The van der Waals surface area contributed by atoms with Crippen LogP contribution in [0.1, 0.15) is 13.3 Å². The van der Waals surface area contributed by atoms with Gasteiger partial charge in [-0.1, -0.05) is 0 Å². The molecule has 0 unspecified atom stereocenters. The Hall–Kier alpha value is -1.03. The molecule has 0 fully saturated rings. The van der Waals surface area contributed by atoms with Gasteiger partial charge in [0.25, 0.3) is 0 Å². The summed E-state index contributed by atoms with van der Waals surface area (Å²) in [5, 5.41) is 7.37. The molecule has 0 aliphatic rings. The van der Waals surface area contributed by atoms with Gasteiger partial charge in [-0.25, -0.2) is 0 Å². The number of rotatable bonds is 5. The fourth-order valence-electron chi connectivity index (χ4n) is 0.963. The molecule has 1 heterocycles. The highest BCUT2D eigenvalue weighted by molar-refractivity contribution is 5.37. The highest BCUT2D eigenvalue weighted by Gasteiger charge is 1.94. The number of hydrogen-bond acceptors (Lipinski definition) is 3. The highest BCUT2D eigenvalue weighted by Crippen LogP contribution is 2.03. The van der Waals surface area contributed by atoms with Crippen molar-refractivity contribution < 1.29 is 0 Å². The zero-order chi connectivity index (χ0) is 8.81. The lowest BCUT2D eigenvalue weighted by Gasteiger charge is -1.99. The molecule has 0 aromatic carbocycles. The summed E-state index contributed by atoms with van der Waals surface area (Å²) in [5.41, 5.74) is 6.44. The number of nitrogens with two attached hydrogens (primary N) is 1.